The van der Waals surface area contributed by atoms with E-state index in [1.807, 2.05) is 48.5 Å². The van der Waals surface area contributed by atoms with Gasteiger partial charge in [-0.25, -0.2) is 4.79 Å². The number of carboxylic acids is 1. The number of nitrogens with one attached hydrogen (secondary N) is 1. The number of hydrogen-bond acceptors (Lipinski definition) is 2. The Labute approximate surface area is 125 Å². The van der Waals surface area contributed by atoms with Crippen molar-refractivity contribution >= 4 is 27.6 Å². The number of hydrogen-bond donors (Lipinski definition) is 2. The molecule has 102 valence electrons. The Morgan fingerprint density at radius 3 is 2.55 bits per heavy atom. The van der Waals surface area contributed by atoms with Crippen LogP contribution in [0.1, 0.15) is 17.5 Å². The van der Waals surface area contributed by atoms with Crippen molar-refractivity contribution < 1.29 is 9.90 Å². The lowest BCUT2D eigenvalue weighted by molar-refractivity contribution is -0.142. The summed E-state index contributed by atoms with van der Waals surface area (Å²) in [6, 6.07) is 15.3. The third-order valence-corrected chi connectivity index (χ3v) is 4.34. The van der Waals surface area contributed by atoms with Crippen molar-refractivity contribution in [3.63, 3.8) is 0 Å². The fraction of sp³-hybridized carbons (Fsp3) is 0.188. The molecule has 4 heteroatoms. The van der Waals surface area contributed by atoms with Gasteiger partial charge in [-0.2, -0.15) is 0 Å². The van der Waals surface area contributed by atoms with Crippen molar-refractivity contribution in [2.45, 2.75) is 18.4 Å². The van der Waals surface area contributed by atoms with E-state index >= 15 is 0 Å². The van der Waals surface area contributed by atoms with E-state index in [1.165, 1.54) is 0 Å². The number of aryl methyl sites for hydroxylation is 1. The molecule has 3 rings (SSSR count). The molecule has 0 saturated carbocycles. The molecule has 1 aliphatic carbocycles. The van der Waals surface area contributed by atoms with Crippen LogP contribution < -0.4 is 5.32 Å². The normalized spacial score (nSPS) is 20.4. The van der Waals surface area contributed by atoms with Crippen LogP contribution in [-0.4, -0.2) is 11.1 Å². The minimum Gasteiger partial charge on any atom is -0.479 e. The minimum atomic E-state index is -1.02. The minimum absolute atomic E-state index is 0.567. The van der Waals surface area contributed by atoms with Crippen LogP contribution in [0.15, 0.2) is 53.0 Å². The largest absolute Gasteiger partial charge is 0.479 e. The van der Waals surface area contributed by atoms with Gasteiger partial charge in [0.1, 0.15) is 0 Å². The Morgan fingerprint density at radius 1 is 1.15 bits per heavy atom. The molecule has 1 unspecified atom stereocenters. The summed E-state index contributed by atoms with van der Waals surface area (Å²) in [5, 5.41) is 13.0. The number of fused-ring (bicyclic) bond motifs is 1. The summed E-state index contributed by atoms with van der Waals surface area (Å²) in [7, 11) is 0. The van der Waals surface area contributed by atoms with Crippen LogP contribution >= 0.6 is 15.9 Å². The number of carbonyl (C=O) groups is 1. The third-order valence-electron chi connectivity index (χ3n) is 3.81. The first-order chi connectivity index (χ1) is 9.62. The number of aliphatic carboxylic acids is 1. The van der Waals surface area contributed by atoms with Crippen molar-refractivity contribution in [3.05, 3.63) is 64.1 Å². The van der Waals surface area contributed by atoms with Gasteiger partial charge in [0.15, 0.2) is 5.54 Å². The molecule has 2 aromatic rings. The Balaban J connectivity index is 2.02. The summed E-state index contributed by atoms with van der Waals surface area (Å²) in [5.41, 5.74) is 1.77. The highest BCUT2D eigenvalue weighted by atomic mass is 79.9. The predicted molar refractivity (Wildman–Crippen MR) is 81.8 cm³/mol. The summed E-state index contributed by atoms with van der Waals surface area (Å²) in [4.78, 5) is 11.9. The summed E-state index contributed by atoms with van der Waals surface area (Å²) in [6.45, 7) is 0. The van der Waals surface area contributed by atoms with E-state index in [0.717, 1.165) is 27.7 Å². The van der Waals surface area contributed by atoms with E-state index in [0.29, 0.717) is 6.42 Å². The van der Waals surface area contributed by atoms with E-state index in [2.05, 4.69) is 21.2 Å². The molecule has 0 amide bonds. The predicted octanol–water partition coefficient (Wildman–Crippen LogP) is 3.79. The van der Waals surface area contributed by atoms with E-state index in [9.17, 15) is 9.90 Å². The second-order valence-corrected chi connectivity index (χ2v) is 5.92. The average Bonchev–Trinajstić information content (AvgIpc) is 2.82. The van der Waals surface area contributed by atoms with Crippen LogP contribution in [0.4, 0.5) is 5.69 Å². The molecule has 0 aliphatic heterocycles. The molecule has 0 spiro atoms. The topological polar surface area (TPSA) is 49.3 Å². The highest BCUT2D eigenvalue weighted by Gasteiger charge is 2.45. The molecule has 0 saturated heterocycles. The lowest BCUT2D eigenvalue weighted by Crippen LogP contribution is -2.41. The maximum absolute atomic E-state index is 11.9. The molecule has 1 aliphatic rings. The molecule has 0 radical (unpaired) electrons. The molecule has 2 aromatic carbocycles. The molecule has 0 bridgehead atoms. The molecule has 0 fully saturated rings. The second kappa shape index (κ2) is 4.94. The third kappa shape index (κ3) is 2.10. The van der Waals surface area contributed by atoms with Gasteiger partial charge in [0.05, 0.1) is 0 Å². The second-order valence-electron chi connectivity index (χ2n) is 5.00. The van der Waals surface area contributed by atoms with Gasteiger partial charge < -0.3 is 10.4 Å². The first-order valence-electron chi connectivity index (χ1n) is 6.47. The Hall–Kier alpha value is -1.81. The van der Waals surface area contributed by atoms with Gasteiger partial charge in [-0.15, -0.1) is 0 Å². The number of rotatable bonds is 3. The van der Waals surface area contributed by atoms with Crippen molar-refractivity contribution in [3.8, 4) is 0 Å². The summed E-state index contributed by atoms with van der Waals surface area (Å²) in [5.74, 6) is -0.828. The zero-order chi connectivity index (χ0) is 14.2. The van der Waals surface area contributed by atoms with Crippen LogP contribution in [-0.2, 0) is 16.8 Å². The highest BCUT2D eigenvalue weighted by Crippen LogP contribution is 2.40. The smallest absolute Gasteiger partial charge is 0.334 e. The zero-order valence-corrected chi connectivity index (χ0v) is 12.4. The number of halogens is 1. The molecular formula is C16H14BrNO2. The van der Waals surface area contributed by atoms with E-state index in [-0.39, 0.29) is 0 Å². The first kappa shape index (κ1) is 13.2. The van der Waals surface area contributed by atoms with Gasteiger partial charge in [0, 0.05) is 10.2 Å². The zero-order valence-electron chi connectivity index (χ0n) is 10.8. The number of carboxylic acid groups (broad SMARTS) is 1. The SMILES string of the molecule is O=C(O)C1(Nc2ccc(Br)cc2)CCc2ccccc21. The van der Waals surface area contributed by atoms with Crippen molar-refractivity contribution in [1.29, 1.82) is 0 Å². The molecule has 0 heterocycles. The molecule has 2 N–H and O–H groups in total. The summed E-state index contributed by atoms with van der Waals surface area (Å²) < 4.78 is 0.972. The van der Waals surface area contributed by atoms with Crippen molar-refractivity contribution in [1.82, 2.24) is 0 Å². The van der Waals surface area contributed by atoms with Crippen molar-refractivity contribution in [2.24, 2.45) is 0 Å². The lowest BCUT2D eigenvalue weighted by atomic mass is 9.91. The average molecular weight is 332 g/mol. The van der Waals surface area contributed by atoms with Crippen LogP contribution in [0, 0.1) is 0 Å². The summed E-state index contributed by atoms with van der Waals surface area (Å²) >= 11 is 3.38. The monoisotopic (exact) mass is 331 g/mol. The highest BCUT2D eigenvalue weighted by molar-refractivity contribution is 9.10. The standard InChI is InChI=1S/C16H14BrNO2/c17-12-5-7-13(8-6-12)18-16(15(19)20)10-9-11-3-1-2-4-14(11)16/h1-8,18H,9-10H2,(H,19,20). The van der Waals surface area contributed by atoms with E-state index in [1.54, 1.807) is 0 Å². The molecular weight excluding hydrogens is 318 g/mol. The number of anilines is 1. The molecule has 20 heavy (non-hydrogen) atoms. The quantitative estimate of drug-likeness (QED) is 0.899. The van der Waals surface area contributed by atoms with E-state index in [4.69, 9.17) is 0 Å². The van der Waals surface area contributed by atoms with Gasteiger partial charge in [-0.3, -0.25) is 0 Å². The van der Waals surface area contributed by atoms with Crippen LogP contribution in [0.5, 0.6) is 0 Å². The molecule has 0 aromatic heterocycles. The van der Waals surface area contributed by atoms with Crippen LogP contribution in [0.2, 0.25) is 0 Å². The van der Waals surface area contributed by atoms with Gasteiger partial charge in [-0.05, 0) is 48.2 Å². The Bertz CT molecular complexity index is 654. The first-order valence-corrected chi connectivity index (χ1v) is 7.27. The van der Waals surface area contributed by atoms with Crippen LogP contribution in [0.3, 0.4) is 0 Å². The van der Waals surface area contributed by atoms with Gasteiger partial charge in [0.25, 0.3) is 0 Å². The van der Waals surface area contributed by atoms with Gasteiger partial charge in [-0.1, -0.05) is 40.2 Å². The lowest BCUT2D eigenvalue weighted by Gasteiger charge is -2.28. The fourth-order valence-corrected chi connectivity index (χ4v) is 3.06. The van der Waals surface area contributed by atoms with Crippen LogP contribution in [0.25, 0.3) is 0 Å². The molecule has 1 atom stereocenters. The Morgan fingerprint density at radius 2 is 1.85 bits per heavy atom. The Kier molecular flexibility index (Phi) is 3.26. The van der Waals surface area contributed by atoms with E-state index < -0.39 is 11.5 Å². The maximum Gasteiger partial charge on any atom is 0.334 e. The summed E-state index contributed by atoms with van der Waals surface area (Å²) in [6.07, 6.45) is 1.35. The maximum atomic E-state index is 11.9. The van der Waals surface area contributed by atoms with Gasteiger partial charge in [0.2, 0.25) is 0 Å². The molecule has 3 nitrogen and oxygen atoms in total. The van der Waals surface area contributed by atoms with Crippen molar-refractivity contribution in [2.75, 3.05) is 5.32 Å². The fourth-order valence-electron chi connectivity index (χ4n) is 2.80. The number of benzene rings is 2. The van der Waals surface area contributed by atoms with Gasteiger partial charge >= 0.3 is 5.97 Å².